The Morgan fingerprint density at radius 3 is 2.67 bits per heavy atom. The third kappa shape index (κ3) is 3.26. The van der Waals surface area contributed by atoms with E-state index in [0.29, 0.717) is 17.3 Å². The van der Waals surface area contributed by atoms with Gasteiger partial charge >= 0.3 is 0 Å². The predicted molar refractivity (Wildman–Crippen MR) is 75.0 cm³/mol. The highest BCUT2D eigenvalue weighted by molar-refractivity contribution is 9.10. The van der Waals surface area contributed by atoms with Crippen molar-refractivity contribution in [3.63, 3.8) is 0 Å². The van der Waals surface area contributed by atoms with Crippen LogP contribution in [-0.2, 0) is 6.42 Å². The van der Waals surface area contributed by atoms with E-state index in [-0.39, 0.29) is 6.04 Å². The molecule has 0 fully saturated rings. The zero-order valence-corrected chi connectivity index (χ0v) is 11.8. The molecule has 0 aliphatic rings. The number of nitrogens with two attached hydrogens (primary N) is 1. The molecule has 0 aliphatic carbocycles. The van der Waals surface area contributed by atoms with E-state index in [0.717, 1.165) is 10.0 Å². The molecule has 0 aliphatic heterocycles. The summed E-state index contributed by atoms with van der Waals surface area (Å²) in [5, 5.41) is 0.695. The zero-order chi connectivity index (χ0) is 13.0. The molecule has 18 heavy (non-hydrogen) atoms. The summed E-state index contributed by atoms with van der Waals surface area (Å²) in [6.07, 6.45) is 4.01. The molecule has 0 spiro atoms. The summed E-state index contributed by atoms with van der Waals surface area (Å²) >= 11 is 9.55. The summed E-state index contributed by atoms with van der Waals surface area (Å²) < 4.78 is 0.949. The Bertz CT molecular complexity index is 521. The minimum absolute atomic E-state index is 0.162. The molecule has 1 unspecified atom stereocenters. The second-order valence-electron chi connectivity index (χ2n) is 3.77. The number of hydrogen-bond acceptors (Lipinski definition) is 4. The Balaban J connectivity index is 2.21. The Morgan fingerprint density at radius 2 is 2.06 bits per heavy atom. The van der Waals surface area contributed by atoms with Crippen LogP contribution in [0.1, 0.15) is 17.4 Å². The average molecular weight is 328 g/mol. The van der Waals surface area contributed by atoms with Crippen molar-refractivity contribution in [3.8, 4) is 0 Å². The van der Waals surface area contributed by atoms with Gasteiger partial charge in [0, 0.05) is 21.9 Å². The smallest absolute Gasteiger partial charge is 0.146 e. The van der Waals surface area contributed by atoms with Gasteiger partial charge in [-0.25, -0.2) is 15.4 Å². The Morgan fingerprint density at radius 1 is 1.33 bits per heavy atom. The normalized spacial score (nSPS) is 12.4. The zero-order valence-electron chi connectivity index (χ0n) is 9.48. The van der Waals surface area contributed by atoms with Gasteiger partial charge in [-0.2, -0.15) is 0 Å². The lowest BCUT2D eigenvalue weighted by atomic mass is 10.1. The van der Waals surface area contributed by atoms with E-state index < -0.39 is 0 Å². The first kappa shape index (κ1) is 13.4. The molecule has 0 saturated carbocycles. The lowest BCUT2D eigenvalue weighted by Gasteiger charge is -2.15. The largest absolute Gasteiger partial charge is 0.271 e. The number of halogens is 2. The fourth-order valence-electron chi connectivity index (χ4n) is 1.62. The predicted octanol–water partition coefficient (Wildman–Crippen LogP) is 2.64. The lowest BCUT2D eigenvalue weighted by Crippen LogP contribution is -2.31. The topological polar surface area (TPSA) is 63.8 Å². The first-order chi connectivity index (χ1) is 8.70. The first-order valence-corrected chi connectivity index (χ1v) is 6.55. The number of nitrogens with one attached hydrogen (secondary N) is 1. The van der Waals surface area contributed by atoms with Gasteiger partial charge < -0.3 is 0 Å². The van der Waals surface area contributed by atoms with Crippen molar-refractivity contribution in [2.75, 3.05) is 0 Å². The Kier molecular flexibility index (Phi) is 4.66. The van der Waals surface area contributed by atoms with E-state index in [4.69, 9.17) is 17.4 Å². The van der Waals surface area contributed by atoms with Crippen molar-refractivity contribution in [2.45, 2.75) is 12.5 Å². The van der Waals surface area contributed by atoms with Gasteiger partial charge in [-0.3, -0.25) is 5.84 Å². The van der Waals surface area contributed by atoms with Crippen molar-refractivity contribution in [1.82, 2.24) is 15.4 Å². The van der Waals surface area contributed by atoms with E-state index in [1.165, 1.54) is 0 Å². The van der Waals surface area contributed by atoms with Gasteiger partial charge in [0.25, 0.3) is 0 Å². The van der Waals surface area contributed by atoms with E-state index >= 15 is 0 Å². The molecular weight excluding hydrogens is 316 g/mol. The van der Waals surface area contributed by atoms with Gasteiger partial charge in [-0.05, 0) is 30.2 Å². The number of aromatic nitrogens is 2. The second-order valence-corrected chi connectivity index (χ2v) is 5.09. The van der Waals surface area contributed by atoms with Crippen molar-refractivity contribution >= 4 is 27.5 Å². The molecule has 1 heterocycles. The summed E-state index contributed by atoms with van der Waals surface area (Å²) in [5.74, 6) is 6.20. The van der Waals surface area contributed by atoms with Crippen LogP contribution in [-0.4, -0.2) is 9.97 Å². The average Bonchev–Trinajstić information content (AvgIpc) is 2.39. The molecule has 6 heteroatoms. The molecule has 0 radical (unpaired) electrons. The van der Waals surface area contributed by atoms with Gasteiger partial charge in [-0.15, -0.1) is 0 Å². The van der Waals surface area contributed by atoms with Crippen LogP contribution in [0, 0.1) is 0 Å². The van der Waals surface area contributed by atoms with Crippen molar-refractivity contribution in [2.24, 2.45) is 5.84 Å². The molecule has 94 valence electrons. The van der Waals surface area contributed by atoms with E-state index in [9.17, 15) is 0 Å². The third-order valence-electron chi connectivity index (χ3n) is 2.54. The molecule has 0 saturated heterocycles. The monoisotopic (exact) mass is 326 g/mol. The van der Waals surface area contributed by atoms with Crippen LogP contribution in [0.25, 0.3) is 0 Å². The molecule has 2 rings (SSSR count). The molecular formula is C12H12BrClN4. The molecule has 2 aromatic rings. The van der Waals surface area contributed by atoms with Gasteiger partial charge in [0.15, 0.2) is 0 Å². The quantitative estimate of drug-likeness (QED) is 0.669. The number of rotatable bonds is 4. The van der Waals surface area contributed by atoms with Crippen molar-refractivity contribution in [1.29, 1.82) is 0 Å². The maximum atomic E-state index is 6.18. The third-order valence-corrected chi connectivity index (χ3v) is 3.38. The second kappa shape index (κ2) is 6.24. The summed E-state index contributed by atoms with van der Waals surface area (Å²) in [6, 6.07) is 7.37. The molecule has 0 bridgehead atoms. The van der Waals surface area contributed by atoms with Crippen LogP contribution in [0.3, 0.4) is 0 Å². The summed E-state index contributed by atoms with van der Waals surface area (Å²) in [6.45, 7) is 0. The maximum Gasteiger partial charge on any atom is 0.146 e. The van der Waals surface area contributed by atoms with Crippen LogP contribution in [0.2, 0.25) is 5.02 Å². The number of nitrogens with zero attached hydrogens (tertiary/aromatic N) is 2. The minimum atomic E-state index is -0.162. The van der Waals surface area contributed by atoms with E-state index in [1.807, 2.05) is 18.2 Å². The summed E-state index contributed by atoms with van der Waals surface area (Å²) in [4.78, 5) is 8.37. The van der Waals surface area contributed by atoms with Crippen LogP contribution in [0.5, 0.6) is 0 Å². The minimum Gasteiger partial charge on any atom is -0.271 e. The number of benzene rings is 1. The molecule has 4 nitrogen and oxygen atoms in total. The highest BCUT2D eigenvalue weighted by atomic mass is 79.9. The van der Waals surface area contributed by atoms with Gasteiger partial charge in [0.05, 0.1) is 6.04 Å². The molecule has 1 aromatic heterocycles. The van der Waals surface area contributed by atoms with Gasteiger partial charge in [0.2, 0.25) is 0 Å². The number of hydrazine groups is 1. The van der Waals surface area contributed by atoms with Crippen LogP contribution >= 0.6 is 27.5 Å². The van der Waals surface area contributed by atoms with Crippen molar-refractivity contribution in [3.05, 3.63) is 57.5 Å². The van der Waals surface area contributed by atoms with Gasteiger partial charge in [-0.1, -0.05) is 33.6 Å². The first-order valence-electron chi connectivity index (χ1n) is 5.37. The fourth-order valence-corrected chi connectivity index (χ4v) is 2.37. The van der Waals surface area contributed by atoms with Crippen molar-refractivity contribution < 1.29 is 0 Å². The van der Waals surface area contributed by atoms with E-state index in [2.05, 4.69) is 31.3 Å². The molecule has 1 aromatic carbocycles. The highest BCUT2D eigenvalue weighted by Crippen LogP contribution is 2.24. The molecule has 1 atom stereocenters. The maximum absolute atomic E-state index is 6.18. The fraction of sp³-hybridized carbons (Fsp3) is 0.167. The lowest BCUT2D eigenvalue weighted by molar-refractivity contribution is 0.522. The Hall–Kier alpha value is -1.01. The summed E-state index contributed by atoms with van der Waals surface area (Å²) in [5.41, 5.74) is 3.71. The number of hydrogen-bond donors (Lipinski definition) is 2. The van der Waals surface area contributed by atoms with Crippen LogP contribution < -0.4 is 11.3 Å². The van der Waals surface area contributed by atoms with E-state index in [1.54, 1.807) is 18.5 Å². The standard InChI is InChI=1S/C12H12BrClN4/c13-9-3-2-8(10(14)7-9)6-11(18-15)12-16-4-1-5-17-12/h1-5,7,11,18H,6,15H2. The highest BCUT2D eigenvalue weighted by Gasteiger charge is 2.14. The Labute approximate surface area is 119 Å². The van der Waals surface area contributed by atoms with Crippen LogP contribution in [0.15, 0.2) is 41.1 Å². The molecule has 0 amide bonds. The SMILES string of the molecule is NNC(Cc1ccc(Br)cc1Cl)c1ncccn1. The molecule has 3 N–H and O–H groups in total. The van der Waals surface area contributed by atoms with Gasteiger partial charge in [0.1, 0.15) is 5.82 Å². The summed E-state index contributed by atoms with van der Waals surface area (Å²) in [7, 11) is 0. The van der Waals surface area contributed by atoms with Crippen LogP contribution in [0.4, 0.5) is 0 Å².